The predicted molar refractivity (Wildman–Crippen MR) is 79.0 cm³/mol. The van der Waals surface area contributed by atoms with Crippen molar-refractivity contribution in [3.63, 3.8) is 0 Å². The van der Waals surface area contributed by atoms with E-state index in [9.17, 15) is 9.59 Å². The summed E-state index contributed by atoms with van der Waals surface area (Å²) < 4.78 is 2.24. The third kappa shape index (κ3) is 2.11. The maximum absolute atomic E-state index is 11.1. The third-order valence-electron chi connectivity index (χ3n) is 2.95. The number of hydrogen-bond donors (Lipinski definition) is 1. The first-order valence-electron chi connectivity index (χ1n) is 5.86. The van der Waals surface area contributed by atoms with E-state index < -0.39 is 0 Å². The molecule has 94 valence electrons. The molecule has 1 N–H and O–H groups in total. The SMILES string of the molecule is CC(=O)Nc1ccc2c(c1)sc1ccc(C=O)cc12. The number of carbonyl (C=O) groups excluding carboxylic acids is 2. The Morgan fingerprint density at radius 2 is 1.95 bits per heavy atom. The van der Waals surface area contributed by atoms with Crippen LogP contribution in [-0.2, 0) is 4.79 Å². The van der Waals surface area contributed by atoms with Gasteiger partial charge in [-0.3, -0.25) is 9.59 Å². The smallest absolute Gasteiger partial charge is 0.221 e. The summed E-state index contributed by atoms with van der Waals surface area (Å²) in [6.07, 6.45) is 0.856. The molecule has 4 heteroatoms. The normalized spacial score (nSPS) is 10.8. The van der Waals surface area contributed by atoms with E-state index in [0.29, 0.717) is 5.56 Å². The van der Waals surface area contributed by atoms with E-state index in [1.54, 1.807) is 11.3 Å². The summed E-state index contributed by atoms with van der Waals surface area (Å²) in [5.41, 5.74) is 1.47. The molecule has 0 aliphatic heterocycles. The van der Waals surface area contributed by atoms with Crippen LogP contribution in [-0.4, -0.2) is 12.2 Å². The summed E-state index contributed by atoms with van der Waals surface area (Å²) in [6, 6.07) is 11.5. The Morgan fingerprint density at radius 1 is 1.11 bits per heavy atom. The minimum absolute atomic E-state index is 0.0799. The van der Waals surface area contributed by atoms with Gasteiger partial charge in [-0.1, -0.05) is 12.1 Å². The molecule has 0 bridgehead atoms. The molecule has 0 radical (unpaired) electrons. The van der Waals surface area contributed by atoms with Gasteiger partial charge in [0.25, 0.3) is 0 Å². The van der Waals surface area contributed by atoms with Gasteiger partial charge in [0.1, 0.15) is 6.29 Å². The van der Waals surface area contributed by atoms with Gasteiger partial charge in [0.15, 0.2) is 0 Å². The molecular formula is C15H11NO2S. The van der Waals surface area contributed by atoms with Gasteiger partial charge in [0, 0.05) is 38.3 Å². The maximum Gasteiger partial charge on any atom is 0.221 e. The number of rotatable bonds is 2. The van der Waals surface area contributed by atoms with E-state index >= 15 is 0 Å². The summed E-state index contributed by atoms with van der Waals surface area (Å²) in [5, 5.41) is 4.97. The van der Waals surface area contributed by atoms with Crippen molar-refractivity contribution in [2.45, 2.75) is 6.92 Å². The lowest BCUT2D eigenvalue weighted by molar-refractivity contribution is -0.114. The minimum atomic E-state index is -0.0799. The van der Waals surface area contributed by atoms with E-state index in [1.165, 1.54) is 6.92 Å². The third-order valence-corrected chi connectivity index (χ3v) is 4.09. The molecule has 0 unspecified atom stereocenters. The molecule has 2 aromatic carbocycles. The van der Waals surface area contributed by atoms with Gasteiger partial charge >= 0.3 is 0 Å². The molecule has 1 amide bonds. The zero-order valence-electron chi connectivity index (χ0n) is 10.3. The largest absolute Gasteiger partial charge is 0.326 e. The van der Waals surface area contributed by atoms with E-state index in [-0.39, 0.29) is 5.91 Å². The number of anilines is 1. The first-order chi connectivity index (χ1) is 9.17. The van der Waals surface area contributed by atoms with E-state index in [1.807, 2.05) is 36.4 Å². The van der Waals surface area contributed by atoms with Crippen molar-refractivity contribution in [3.05, 3.63) is 42.0 Å². The predicted octanol–water partition coefficient (Wildman–Crippen LogP) is 3.83. The van der Waals surface area contributed by atoms with Crippen LogP contribution in [0.4, 0.5) is 5.69 Å². The van der Waals surface area contributed by atoms with E-state index in [2.05, 4.69) is 5.32 Å². The molecule has 0 spiro atoms. The highest BCUT2D eigenvalue weighted by Crippen LogP contribution is 2.35. The number of hydrogen-bond acceptors (Lipinski definition) is 3. The topological polar surface area (TPSA) is 46.2 Å². The molecule has 0 saturated heterocycles. The van der Waals surface area contributed by atoms with Gasteiger partial charge in [0.05, 0.1) is 0 Å². The monoisotopic (exact) mass is 269 g/mol. The fourth-order valence-electron chi connectivity index (χ4n) is 2.15. The van der Waals surface area contributed by atoms with Crippen molar-refractivity contribution in [2.24, 2.45) is 0 Å². The summed E-state index contributed by atoms with van der Waals surface area (Å²) in [5.74, 6) is -0.0799. The van der Waals surface area contributed by atoms with Crippen LogP contribution >= 0.6 is 11.3 Å². The number of aldehydes is 1. The first kappa shape index (κ1) is 11.9. The lowest BCUT2D eigenvalue weighted by Crippen LogP contribution is -2.04. The van der Waals surface area contributed by atoms with Crippen molar-refractivity contribution in [3.8, 4) is 0 Å². The molecule has 0 aliphatic rings. The molecule has 1 aromatic heterocycles. The molecule has 0 atom stereocenters. The van der Waals surface area contributed by atoms with Crippen molar-refractivity contribution in [2.75, 3.05) is 5.32 Å². The van der Waals surface area contributed by atoms with Crippen LogP contribution in [0.15, 0.2) is 36.4 Å². The summed E-state index contributed by atoms with van der Waals surface area (Å²) in [6.45, 7) is 1.49. The standard InChI is InChI=1S/C15H11NO2S/c1-9(18)16-11-3-4-12-13-6-10(8-17)2-5-14(13)19-15(12)7-11/h2-8H,1H3,(H,16,18). The Bertz CT molecular complexity index is 804. The Morgan fingerprint density at radius 3 is 2.68 bits per heavy atom. The van der Waals surface area contributed by atoms with Gasteiger partial charge in [0.2, 0.25) is 5.91 Å². The number of fused-ring (bicyclic) bond motifs is 3. The van der Waals surface area contributed by atoms with Crippen LogP contribution in [0, 0.1) is 0 Å². The van der Waals surface area contributed by atoms with Crippen molar-refractivity contribution >= 4 is 49.4 Å². The lowest BCUT2D eigenvalue weighted by atomic mass is 10.1. The zero-order chi connectivity index (χ0) is 13.4. The second-order valence-electron chi connectivity index (χ2n) is 4.37. The van der Waals surface area contributed by atoms with Gasteiger partial charge in [-0.15, -0.1) is 11.3 Å². The Kier molecular flexibility index (Phi) is 2.80. The van der Waals surface area contributed by atoms with Crippen LogP contribution in [0.5, 0.6) is 0 Å². The minimum Gasteiger partial charge on any atom is -0.326 e. The number of nitrogens with one attached hydrogen (secondary N) is 1. The average molecular weight is 269 g/mol. The molecule has 19 heavy (non-hydrogen) atoms. The van der Waals surface area contributed by atoms with Crippen LogP contribution < -0.4 is 5.32 Å². The lowest BCUT2D eigenvalue weighted by Gasteiger charge is -2.01. The van der Waals surface area contributed by atoms with Crippen LogP contribution in [0.2, 0.25) is 0 Å². The molecule has 0 aliphatic carbocycles. The second-order valence-corrected chi connectivity index (χ2v) is 5.45. The number of carbonyl (C=O) groups is 2. The number of amides is 1. The Hall–Kier alpha value is -2.20. The summed E-state index contributed by atoms with van der Waals surface area (Å²) in [4.78, 5) is 21.9. The molecule has 0 fully saturated rings. The molecular weight excluding hydrogens is 258 g/mol. The molecule has 0 saturated carbocycles. The zero-order valence-corrected chi connectivity index (χ0v) is 11.1. The van der Waals surface area contributed by atoms with Gasteiger partial charge in [-0.2, -0.15) is 0 Å². The van der Waals surface area contributed by atoms with Crippen LogP contribution in [0.25, 0.3) is 20.2 Å². The highest BCUT2D eigenvalue weighted by Gasteiger charge is 2.07. The van der Waals surface area contributed by atoms with E-state index in [0.717, 1.165) is 32.1 Å². The molecule has 1 heterocycles. The molecule has 3 aromatic rings. The quantitative estimate of drug-likeness (QED) is 0.719. The van der Waals surface area contributed by atoms with Crippen LogP contribution in [0.1, 0.15) is 17.3 Å². The van der Waals surface area contributed by atoms with Crippen molar-refractivity contribution in [1.82, 2.24) is 0 Å². The highest BCUT2D eigenvalue weighted by atomic mass is 32.1. The summed E-state index contributed by atoms with van der Waals surface area (Å²) >= 11 is 1.65. The second kappa shape index (κ2) is 4.48. The Balaban J connectivity index is 2.22. The fraction of sp³-hybridized carbons (Fsp3) is 0.0667. The number of benzene rings is 2. The van der Waals surface area contributed by atoms with E-state index in [4.69, 9.17) is 0 Å². The van der Waals surface area contributed by atoms with Crippen molar-refractivity contribution < 1.29 is 9.59 Å². The van der Waals surface area contributed by atoms with Crippen LogP contribution in [0.3, 0.4) is 0 Å². The van der Waals surface area contributed by atoms with Gasteiger partial charge in [-0.05, 0) is 24.3 Å². The molecule has 3 nitrogen and oxygen atoms in total. The summed E-state index contributed by atoms with van der Waals surface area (Å²) in [7, 11) is 0. The number of thiophene rings is 1. The average Bonchev–Trinajstić information content (AvgIpc) is 2.74. The maximum atomic E-state index is 11.1. The van der Waals surface area contributed by atoms with Gasteiger partial charge in [-0.25, -0.2) is 0 Å². The molecule has 3 rings (SSSR count). The van der Waals surface area contributed by atoms with Gasteiger partial charge < -0.3 is 5.32 Å². The first-order valence-corrected chi connectivity index (χ1v) is 6.68. The Labute approximate surface area is 113 Å². The highest BCUT2D eigenvalue weighted by molar-refractivity contribution is 7.25. The fourth-order valence-corrected chi connectivity index (χ4v) is 3.27. The van der Waals surface area contributed by atoms with Crippen molar-refractivity contribution in [1.29, 1.82) is 0 Å².